The molecular weight excluding hydrogens is 264 g/mol. The van der Waals surface area contributed by atoms with E-state index in [0.29, 0.717) is 17.9 Å². The summed E-state index contributed by atoms with van der Waals surface area (Å²) in [6.07, 6.45) is 1.56. The Labute approximate surface area is 116 Å². The molecule has 0 saturated carbocycles. The van der Waals surface area contributed by atoms with Crippen LogP contribution in [-0.4, -0.2) is 17.5 Å². The highest BCUT2D eigenvalue weighted by Crippen LogP contribution is 2.19. The maximum atomic E-state index is 12.0. The van der Waals surface area contributed by atoms with E-state index in [-0.39, 0.29) is 11.1 Å². The van der Waals surface area contributed by atoms with E-state index in [0.717, 1.165) is 5.75 Å². The molecular formula is C14H13ClN2O2. The molecule has 1 aromatic heterocycles. The fourth-order valence-corrected chi connectivity index (χ4v) is 1.71. The van der Waals surface area contributed by atoms with Crippen LogP contribution in [0.1, 0.15) is 17.3 Å². The van der Waals surface area contributed by atoms with Gasteiger partial charge in [0.15, 0.2) is 5.15 Å². The predicted molar refractivity (Wildman–Crippen MR) is 74.8 cm³/mol. The zero-order valence-corrected chi connectivity index (χ0v) is 11.1. The van der Waals surface area contributed by atoms with Gasteiger partial charge < -0.3 is 10.1 Å². The maximum absolute atomic E-state index is 12.0. The molecule has 1 heterocycles. The third-order valence-corrected chi connectivity index (χ3v) is 2.74. The van der Waals surface area contributed by atoms with Crippen LogP contribution in [0.4, 0.5) is 5.69 Å². The number of benzene rings is 1. The van der Waals surface area contributed by atoms with Crippen LogP contribution < -0.4 is 10.1 Å². The minimum Gasteiger partial charge on any atom is -0.494 e. The number of amides is 1. The van der Waals surface area contributed by atoms with Gasteiger partial charge in [0.05, 0.1) is 12.3 Å². The summed E-state index contributed by atoms with van der Waals surface area (Å²) in [5.41, 5.74) is 1.02. The minimum atomic E-state index is -0.238. The lowest BCUT2D eigenvalue weighted by molar-refractivity contribution is 0.102. The Hall–Kier alpha value is -2.07. The lowest BCUT2D eigenvalue weighted by Gasteiger charge is -2.07. The van der Waals surface area contributed by atoms with Crippen LogP contribution in [0.3, 0.4) is 0 Å². The van der Waals surface area contributed by atoms with E-state index < -0.39 is 0 Å². The smallest absolute Gasteiger partial charge is 0.255 e. The normalized spacial score (nSPS) is 10.0. The van der Waals surface area contributed by atoms with Crippen molar-refractivity contribution in [1.29, 1.82) is 0 Å². The Kier molecular flexibility index (Phi) is 4.36. The van der Waals surface area contributed by atoms with Crippen molar-refractivity contribution in [1.82, 2.24) is 4.98 Å². The van der Waals surface area contributed by atoms with Gasteiger partial charge in [-0.05, 0) is 43.3 Å². The number of hydrogen-bond donors (Lipinski definition) is 1. The molecule has 2 aromatic rings. The Balaban J connectivity index is 2.10. The highest BCUT2D eigenvalue weighted by atomic mass is 35.5. The summed E-state index contributed by atoms with van der Waals surface area (Å²) < 4.78 is 5.32. The van der Waals surface area contributed by atoms with Crippen LogP contribution in [0.2, 0.25) is 5.15 Å². The number of carbonyl (C=O) groups is 1. The standard InChI is InChI=1S/C14H13ClN2O2/c1-2-19-11-7-5-10(6-8-11)14(18)17-12-4-3-9-16-13(12)15/h3-9H,2H2,1H3,(H,17,18). The van der Waals surface area contributed by atoms with Crippen LogP contribution in [-0.2, 0) is 0 Å². The molecule has 0 saturated heterocycles. The first-order valence-corrected chi connectivity index (χ1v) is 6.23. The zero-order chi connectivity index (χ0) is 13.7. The van der Waals surface area contributed by atoms with E-state index >= 15 is 0 Å². The van der Waals surface area contributed by atoms with Gasteiger partial charge in [-0.3, -0.25) is 4.79 Å². The molecule has 0 aliphatic carbocycles. The molecule has 4 nitrogen and oxygen atoms in total. The van der Waals surface area contributed by atoms with Crippen LogP contribution in [0.15, 0.2) is 42.6 Å². The Bertz CT molecular complexity index is 570. The van der Waals surface area contributed by atoms with E-state index in [9.17, 15) is 4.79 Å². The Morgan fingerprint density at radius 3 is 2.68 bits per heavy atom. The molecule has 1 amide bonds. The van der Waals surface area contributed by atoms with Gasteiger partial charge in [-0.1, -0.05) is 11.6 Å². The molecule has 1 N–H and O–H groups in total. The number of anilines is 1. The van der Waals surface area contributed by atoms with Gasteiger partial charge in [0, 0.05) is 11.8 Å². The summed E-state index contributed by atoms with van der Waals surface area (Å²) in [4.78, 5) is 15.9. The lowest BCUT2D eigenvalue weighted by atomic mass is 10.2. The van der Waals surface area contributed by atoms with E-state index in [1.165, 1.54) is 0 Å². The first kappa shape index (κ1) is 13.4. The third-order valence-electron chi connectivity index (χ3n) is 2.43. The number of ether oxygens (including phenoxy) is 1. The Morgan fingerprint density at radius 2 is 2.05 bits per heavy atom. The average molecular weight is 277 g/mol. The minimum absolute atomic E-state index is 0.238. The van der Waals surface area contributed by atoms with Crippen molar-refractivity contribution in [2.45, 2.75) is 6.92 Å². The third kappa shape index (κ3) is 3.45. The molecule has 0 fully saturated rings. The van der Waals surface area contributed by atoms with E-state index in [1.807, 2.05) is 6.92 Å². The van der Waals surface area contributed by atoms with Crippen LogP contribution in [0, 0.1) is 0 Å². The molecule has 1 aromatic carbocycles. The number of aromatic nitrogens is 1. The topological polar surface area (TPSA) is 51.2 Å². The molecule has 2 rings (SSSR count). The SMILES string of the molecule is CCOc1ccc(C(=O)Nc2cccnc2Cl)cc1. The number of nitrogens with zero attached hydrogens (tertiary/aromatic N) is 1. The van der Waals surface area contributed by atoms with Crippen molar-refractivity contribution < 1.29 is 9.53 Å². The van der Waals surface area contributed by atoms with Gasteiger partial charge in [-0.2, -0.15) is 0 Å². The van der Waals surface area contributed by atoms with Gasteiger partial charge in [-0.25, -0.2) is 4.98 Å². The summed E-state index contributed by atoms with van der Waals surface area (Å²) in [5.74, 6) is 0.497. The number of carbonyl (C=O) groups excluding carboxylic acids is 1. The molecule has 0 aliphatic heterocycles. The van der Waals surface area contributed by atoms with Crippen LogP contribution >= 0.6 is 11.6 Å². The second kappa shape index (κ2) is 6.20. The predicted octanol–water partition coefficient (Wildman–Crippen LogP) is 3.39. The highest BCUT2D eigenvalue weighted by Gasteiger charge is 2.08. The molecule has 0 radical (unpaired) electrons. The molecule has 0 unspecified atom stereocenters. The molecule has 19 heavy (non-hydrogen) atoms. The van der Waals surface area contributed by atoms with Gasteiger partial charge in [0.1, 0.15) is 5.75 Å². The summed E-state index contributed by atoms with van der Waals surface area (Å²) >= 11 is 5.88. The van der Waals surface area contributed by atoms with E-state index in [2.05, 4.69) is 10.3 Å². The zero-order valence-electron chi connectivity index (χ0n) is 10.4. The molecule has 0 atom stereocenters. The fraction of sp³-hybridized carbons (Fsp3) is 0.143. The molecule has 0 spiro atoms. The quantitative estimate of drug-likeness (QED) is 0.871. The maximum Gasteiger partial charge on any atom is 0.255 e. The summed E-state index contributed by atoms with van der Waals surface area (Å²) in [6.45, 7) is 2.50. The number of nitrogens with one attached hydrogen (secondary N) is 1. The van der Waals surface area contributed by atoms with Gasteiger partial charge >= 0.3 is 0 Å². The van der Waals surface area contributed by atoms with Crippen LogP contribution in [0.5, 0.6) is 5.75 Å². The summed E-state index contributed by atoms with van der Waals surface area (Å²) in [5, 5.41) is 2.97. The van der Waals surface area contributed by atoms with Crippen LogP contribution in [0.25, 0.3) is 0 Å². The molecule has 5 heteroatoms. The van der Waals surface area contributed by atoms with E-state index in [1.54, 1.807) is 42.6 Å². The fourth-order valence-electron chi connectivity index (χ4n) is 1.54. The van der Waals surface area contributed by atoms with Gasteiger partial charge in [0.25, 0.3) is 5.91 Å². The lowest BCUT2D eigenvalue weighted by Crippen LogP contribution is -2.12. The van der Waals surface area contributed by atoms with E-state index in [4.69, 9.17) is 16.3 Å². The monoisotopic (exact) mass is 276 g/mol. The molecule has 98 valence electrons. The number of rotatable bonds is 4. The van der Waals surface area contributed by atoms with Crippen molar-refractivity contribution in [3.8, 4) is 5.75 Å². The van der Waals surface area contributed by atoms with Crippen molar-refractivity contribution in [3.63, 3.8) is 0 Å². The summed E-state index contributed by atoms with van der Waals surface area (Å²) in [6, 6.07) is 10.3. The average Bonchev–Trinajstić information content (AvgIpc) is 2.42. The second-order valence-electron chi connectivity index (χ2n) is 3.75. The van der Waals surface area contributed by atoms with Crippen molar-refractivity contribution in [2.24, 2.45) is 0 Å². The highest BCUT2D eigenvalue weighted by molar-refractivity contribution is 6.32. The first-order chi connectivity index (χ1) is 9.20. The largest absolute Gasteiger partial charge is 0.494 e. The number of pyridine rings is 1. The van der Waals surface area contributed by atoms with Crippen molar-refractivity contribution in [2.75, 3.05) is 11.9 Å². The van der Waals surface area contributed by atoms with Gasteiger partial charge in [0.2, 0.25) is 0 Å². The number of hydrogen-bond acceptors (Lipinski definition) is 3. The molecule has 0 aliphatic rings. The Morgan fingerprint density at radius 1 is 1.32 bits per heavy atom. The van der Waals surface area contributed by atoms with Gasteiger partial charge in [-0.15, -0.1) is 0 Å². The molecule has 0 bridgehead atoms. The number of halogens is 1. The summed E-state index contributed by atoms with van der Waals surface area (Å²) in [7, 11) is 0. The first-order valence-electron chi connectivity index (χ1n) is 5.85. The van der Waals surface area contributed by atoms with Crippen molar-refractivity contribution >= 4 is 23.2 Å². The van der Waals surface area contributed by atoms with Crippen molar-refractivity contribution in [3.05, 3.63) is 53.3 Å². The second-order valence-corrected chi connectivity index (χ2v) is 4.11.